The van der Waals surface area contributed by atoms with Gasteiger partial charge in [-0.3, -0.25) is 14.4 Å². The van der Waals surface area contributed by atoms with Gasteiger partial charge in [0.15, 0.2) is 11.7 Å². The molecule has 8 nitrogen and oxygen atoms in total. The van der Waals surface area contributed by atoms with E-state index in [1.807, 2.05) is 0 Å². The zero-order chi connectivity index (χ0) is 21.8. The van der Waals surface area contributed by atoms with Gasteiger partial charge in [0, 0.05) is 25.7 Å². The van der Waals surface area contributed by atoms with E-state index in [0.29, 0.717) is 19.5 Å². The summed E-state index contributed by atoms with van der Waals surface area (Å²) >= 11 is 0. The molecule has 2 aliphatic rings. The van der Waals surface area contributed by atoms with Crippen LogP contribution < -0.4 is 10.6 Å². The first-order valence-electron chi connectivity index (χ1n) is 10.6. The number of fused-ring (bicyclic) bond motifs is 1. The summed E-state index contributed by atoms with van der Waals surface area (Å²) in [4.78, 5) is 52.2. The average molecular weight is 410 g/mol. The molecule has 2 heterocycles. The van der Waals surface area contributed by atoms with Crippen molar-refractivity contribution in [3.8, 4) is 0 Å². The number of rotatable bonds is 6. The average Bonchev–Trinajstić information content (AvgIpc) is 2.61. The maximum atomic E-state index is 13.2. The molecule has 0 radical (unpaired) electrons. The third-order valence-corrected chi connectivity index (χ3v) is 5.62. The summed E-state index contributed by atoms with van der Waals surface area (Å²) in [6.07, 6.45) is 3.93. The smallest absolute Gasteiger partial charge is 0.410 e. The number of nitrogens with zero attached hydrogens (tertiary/aromatic N) is 1. The number of hydrogen-bond donors (Lipinski definition) is 2. The number of carbonyl (C=O) groups excluding carboxylic acids is 4. The summed E-state index contributed by atoms with van der Waals surface area (Å²) in [7, 11) is 0. The molecular formula is C21H35N3O5. The Morgan fingerprint density at radius 2 is 1.93 bits per heavy atom. The standard InChI is InChI=1S/C21H35N3O5/c1-6-7-8-9-11-22-17(26)15-16(25)21(5)13-24(19(28)29-20(2,3)4)12-10-14(21)23-18(15)27/h14-15H,6-13H2,1-5H3,(H,22,26)(H,23,27)/t14-,15?,21-/m0/s1. The van der Waals surface area contributed by atoms with Crippen LogP contribution in [0.25, 0.3) is 0 Å². The van der Waals surface area contributed by atoms with Crippen molar-refractivity contribution in [3.63, 3.8) is 0 Å². The zero-order valence-electron chi connectivity index (χ0n) is 18.3. The molecule has 3 atom stereocenters. The first-order chi connectivity index (χ1) is 13.5. The van der Waals surface area contributed by atoms with E-state index in [-0.39, 0.29) is 6.54 Å². The number of ether oxygens (including phenoxy) is 1. The molecule has 0 aliphatic carbocycles. The van der Waals surface area contributed by atoms with Crippen LogP contribution in [0.2, 0.25) is 0 Å². The Kier molecular flexibility index (Phi) is 7.30. The van der Waals surface area contributed by atoms with Crippen molar-refractivity contribution in [2.75, 3.05) is 19.6 Å². The molecule has 0 aromatic heterocycles. The highest BCUT2D eigenvalue weighted by atomic mass is 16.6. The Morgan fingerprint density at radius 3 is 2.55 bits per heavy atom. The summed E-state index contributed by atoms with van der Waals surface area (Å²) in [6.45, 7) is 10.1. The summed E-state index contributed by atoms with van der Waals surface area (Å²) in [6, 6.07) is -0.394. The van der Waals surface area contributed by atoms with E-state index in [4.69, 9.17) is 4.74 Å². The molecule has 3 amide bonds. The topological polar surface area (TPSA) is 105 Å². The number of hydrogen-bond acceptors (Lipinski definition) is 5. The minimum Gasteiger partial charge on any atom is -0.444 e. The first kappa shape index (κ1) is 23.2. The number of ketones is 1. The minimum atomic E-state index is -1.37. The predicted octanol–water partition coefficient (Wildman–Crippen LogP) is 2.01. The van der Waals surface area contributed by atoms with Crippen molar-refractivity contribution in [3.05, 3.63) is 0 Å². The third-order valence-electron chi connectivity index (χ3n) is 5.62. The van der Waals surface area contributed by atoms with Gasteiger partial charge >= 0.3 is 6.09 Å². The van der Waals surface area contributed by atoms with Crippen LogP contribution in [0.5, 0.6) is 0 Å². The Bertz CT molecular complexity index is 657. The molecular weight excluding hydrogens is 374 g/mol. The van der Waals surface area contributed by atoms with Gasteiger partial charge in [0.1, 0.15) is 5.60 Å². The van der Waals surface area contributed by atoms with E-state index in [1.165, 1.54) is 4.90 Å². The summed E-state index contributed by atoms with van der Waals surface area (Å²) in [5.74, 6) is -2.90. The number of Topliss-reactive ketones (excluding diaryl/α,β-unsaturated/α-hetero) is 1. The van der Waals surface area contributed by atoms with E-state index in [0.717, 1.165) is 25.7 Å². The number of nitrogens with one attached hydrogen (secondary N) is 2. The van der Waals surface area contributed by atoms with Gasteiger partial charge in [0.25, 0.3) is 0 Å². The van der Waals surface area contributed by atoms with Gasteiger partial charge in [-0.2, -0.15) is 0 Å². The van der Waals surface area contributed by atoms with E-state index >= 15 is 0 Å². The molecule has 0 saturated carbocycles. The SMILES string of the molecule is CCCCCCNC(=O)C1C(=O)N[C@H]2CCN(C(=O)OC(C)(C)C)C[C@]2(C)C1=O. The largest absolute Gasteiger partial charge is 0.444 e. The predicted molar refractivity (Wildman–Crippen MR) is 108 cm³/mol. The fraction of sp³-hybridized carbons (Fsp3) is 0.810. The second-order valence-corrected chi connectivity index (χ2v) is 9.32. The second kappa shape index (κ2) is 9.13. The highest BCUT2D eigenvalue weighted by molar-refractivity contribution is 6.21. The van der Waals surface area contributed by atoms with Crippen LogP contribution in [0.1, 0.15) is 66.7 Å². The van der Waals surface area contributed by atoms with Crippen molar-refractivity contribution < 1.29 is 23.9 Å². The molecule has 0 aromatic rings. The number of unbranched alkanes of at least 4 members (excludes halogenated alkanes) is 3. The molecule has 8 heteroatoms. The fourth-order valence-electron chi connectivity index (χ4n) is 3.96. The Morgan fingerprint density at radius 1 is 1.24 bits per heavy atom. The highest BCUT2D eigenvalue weighted by Crippen LogP contribution is 2.37. The normalized spacial score (nSPS) is 27.1. The lowest BCUT2D eigenvalue weighted by molar-refractivity contribution is -0.154. The molecule has 2 rings (SSSR count). The van der Waals surface area contributed by atoms with Crippen molar-refractivity contribution >= 4 is 23.7 Å². The van der Waals surface area contributed by atoms with Crippen molar-refractivity contribution in [1.82, 2.24) is 15.5 Å². The Balaban J connectivity index is 2.06. The molecule has 0 spiro atoms. The first-order valence-corrected chi connectivity index (χ1v) is 10.6. The van der Waals surface area contributed by atoms with E-state index in [1.54, 1.807) is 27.7 Å². The Labute approximate surface area is 173 Å². The molecule has 2 aliphatic heterocycles. The van der Waals surface area contributed by atoms with Crippen molar-refractivity contribution in [2.24, 2.45) is 11.3 Å². The minimum absolute atomic E-state index is 0.117. The lowest BCUT2D eigenvalue weighted by atomic mass is 9.67. The fourth-order valence-corrected chi connectivity index (χ4v) is 3.96. The molecule has 0 bridgehead atoms. The quantitative estimate of drug-likeness (QED) is 0.516. The van der Waals surface area contributed by atoms with Gasteiger partial charge in [-0.05, 0) is 40.5 Å². The number of carbonyl (C=O) groups is 4. The maximum Gasteiger partial charge on any atom is 0.410 e. The van der Waals surface area contributed by atoms with E-state index < -0.39 is 46.7 Å². The van der Waals surface area contributed by atoms with Crippen molar-refractivity contribution in [1.29, 1.82) is 0 Å². The van der Waals surface area contributed by atoms with Crippen LogP contribution in [0.3, 0.4) is 0 Å². The lowest BCUT2D eigenvalue weighted by Crippen LogP contribution is -2.69. The molecule has 2 fully saturated rings. The molecule has 1 unspecified atom stereocenters. The number of likely N-dealkylation sites (tertiary alicyclic amines) is 1. The van der Waals surface area contributed by atoms with Crippen LogP contribution in [-0.4, -0.2) is 59.9 Å². The lowest BCUT2D eigenvalue weighted by Gasteiger charge is -2.49. The van der Waals surface area contributed by atoms with Gasteiger partial charge in [-0.15, -0.1) is 0 Å². The van der Waals surface area contributed by atoms with Gasteiger partial charge in [0.2, 0.25) is 11.8 Å². The highest BCUT2D eigenvalue weighted by Gasteiger charge is 2.56. The molecule has 0 aromatic carbocycles. The van der Waals surface area contributed by atoms with Crippen LogP contribution in [0.15, 0.2) is 0 Å². The number of piperidine rings is 2. The van der Waals surface area contributed by atoms with Gasteiger partial charge in [-0.1, -0.05) is 26.2 Å². The van der Waals surface area contributed by atoms with Crippen LogP contribution >= 0.6 is 0 Å². The second-order valence-electron chi connectivity index (χ2n) is 9.32. The van der Waals surface area contributed by atoms with Gasteiger partial charge in [-0.25, -0.2) is 4.79 Å². The van der Waals surface area contributed by atoms with E-state index in [9.17, 15) is 19.2 Å². The van der Waals surface area contributed by atoms with Crippen molar-refractivity contribution in [2.45, 2.75) is 78.4 Å². The van der Waals surface area contributed by atoms with Crippen LogP contribution in [-0.2, 0) is 19.1 Å². The summed E-state index contributed by atoms with van der Waals surface area (Å²) < 4.78 is 5.43. The van der Waals surface area contributed by atoms with Gasteiger partial charge < -0.3 is 20.3 Å². The number of amides is 3. The third kappa shape index (κ3) is 5.48. The molecule has 2 saturated heterocycles. The van der Waals surface area contributed by atoms with E-state index in [2.05, 4.69) is 17.6 Å². The summed E-state index contributed by atoms with van der Waals surface area (Å²) in [5.41, 5.74) is -1.66. The molecule has 29 heavy (non-hydrogen) atoms. The van der Waals surface area contributed by atoms with Crippen LogP contribution in [0.4, 0.5) is 4.79 Å². The van der Waals surface area contributed by atoms with Crippen LogP contribution in [0, 0.1) is 11.3 Å². The maximum absolute atomic E-state index is 13.2. The summed E-state index contributed by atoms with van der Waals surface area (Å²) in [5, 5.41) is 5.56. The molecule has 2 N–H and O–H groups in total. The Hall–Kier alpha value is -2.12. The molecule has 164 valence electrons. The monoisotopic (exact) mass is 409 g/mol. The van der Waals surface area contributed by atoms with Gasteiger partial charge in [0.05, 0.1) is 5.41 Å². The zero-order valence-corrected chi connectivity index (χ0v) is 18.3.